The summed E-state index contributed by atoms with van der Waals surface area (Å²) in [7, 11) is 1.91. The molecule has 2 nitrogen and oxygen atoms in total. The number of rotatable bonds is 2. The van der Waals surface area contributed by atoms with Crippen LogP contribution in [0.4, 0.5) is 4.39 Å². The molecule has 3 rings (SSSR count). The van der Waals surface area contributed by atoms with E-state index in [2.05, 4.69) is 37.2 Å². The van der Waals surface area contributed by atoms with Crippen LogP contribution in [0.5, 0.6) is 5.75 Å². The molecule has 21 heavy (non-hydrogen) atoms. The molecule has 0 radical (unpaired) electrons. The molecular weight excluding hydrogens is 401 g/mol. The van der Waals surface area contributed by atoms with Gasteiger partial charge in [-0.05, 0) is 43.4 Å². The summed E-state index contributed by atoms with van der Waals surface area (Å²) in [4.78, 5) is 0. The summed E-state index contributed by atoms with van der Waals surface area (Å²) in [5, 5.41) is 3.29. The van der Waals surface area contributed by atoms with Gasteiger partial charge in [0.1, 0.15) is 17.7 Å². The maximum absolute atomic E-state index is 14.1. The van der Waals surface area contributed by atoms with E-state index in [1.807, 2.05) is 25.2 Å². The van der Waals surface area contributed by atoms with E-state index in [-0.39, 0.29) is 18.0 Å². The van der Waals surface area contributed by atoms with Gasteiger partial charge in [0, 0.05) is 32.5 Å². The summed E-state index contributed by atoms with van der Waals surface area (Å²) in [6.07, 6.45) is 0.390. The van der Waals surface area contributed by atoms with Gasteiger partial charge in [0.25, 0.3) is 0 Å². The normalized spacial score (nSPS) is 20.8. The van der Waals surface area contributed by atoms with Crippen LogP contribution < -0.4 is 10.1 Å². The van der Waals surface area contributed by atoms with Crippen LogP contribution in [0.2, 0.25) is 0 Å². The molecule has 1 aliphatic rings. The van der Waals surface area contributed by atoms with Gasteiger partial charge >= 0.3 is 0 Å². The van der Waals surface area contributed by atoms with Crippen LogP contribution in [-0.2, 0) is 0 Å². The van der Waals surface area contributed by atoms with E-state index >= 15 is 0 Å². The predicted octanol–water partition coefficient (Wildman–Crippen LogP) is 5.14. The molecule has 0 fully saturated rings. The molecule has 0 spiro atoms. The fourth-order valence-electron chi connectivity index (χ4n) is 2.67. The number of fused-ring (bicyclic) bond motifs is 1. The minimum absolute atomic E-state index is 0.134. The smallest absolute Gasteiger partial charge is 0.130 e. The zero-order valence-electron chi connectivity index (χ0n) is 11.4. The molecule has 5 heteroatoms. The maximum Gasteiger partial charge on any atom is 0.130 e. The van der Waals surface area contributed by atoms with Gasteiger partial charge in [-0.2, -0.15) is 0 Å². The average Bonchev–Trinajstić information content (AvgIpc) is 2.48. The fourth-order valence-corrected chi connectivity index (χ4v) is 3.42. The Balaban J connectivity index is 2.00. The monoisotopic (exact) mass is 413 g/mol. The van der Waals surface area contributed by atoms with E-state index in [9.17, 15) is 4.39 Å². The van der Waals surface area contributed by atoms with Crippen molar-refractivity contribution in [3.63, 3.8) is 0 Å². The van der Waals surface area contributed by atoms with Crippen molar-refractivity contribution in [3.8, 4) is 5.75 Å². The Kier molecular flexibility index (Phi) is 4.33. The number of ether oxygens (including phenoxy) is 1. The summed E-state index contributed by atoms with van der Waals surface area (Å²) in [5.74, 6) is 0.562. The van der Waals surface area contributed by atoms with Gasteiger partial charge in [0.15, 0.2) is 0 Å². The van der Waals surface area contributed by atoms with Crippen molar-refractivity contribution in [1.82, 2.24) is 5.32 Å². The minimum atomic E-state index is -0.298. The predicted molar refractivity (Wildman–Crippen MR) is 88.0 cm³/mol. The van der Waals surface area contributed by atoms with Crippen molar-refractivity contribution in [2.45, 2.75) is 18.6 Å². The topological polar surface area (TPSA) is 21.3 Å². The van der Waals surface area contributed by atoms with Crippen LogP contribution in [0.15, 0.2) is 45.3 Å². The van der Waals surface area contributed by atoms with Gasteiger partial charge < -0.3 is 10.1 Å². The first-order valence-electron chi connectivity index (χ1n) is 6.67. The first kappa shape index (κ1) is 15.0. The van der Waals surface area contributed by atoms with Crippen molar-refractivity contribution < 1.29 is 9.13 Å². The third-order valence-electron chi connectivity index (χ3n) is 3.72. The highest BCUT2D eigenvalue weighted by atomic mass is 79.9. The molecule has 110 valence electrons. The van der Waals surface area contributed by atoms with Crippen molar-refractivity contribution in [3.05, 3.63) is 62.3 Å². The molecule has 0 aromatic heterocycles. The zero-order chi connectivity index (χ0) is 15.0. The molecule has 0 bridgehead atoms. The van der Waals surface area contributed by atoms with Gasteiger partial charge in [-0.15, -0.1) is 0 Å². The van der Waals surface area contributed by atoms with E-state index in [1.54, 1.807) is 12.1 Å². The van der Waals surface area contributed by atoms with E-state index in [1.165, 1.54) is 6.07 Å². The molecule has 0 amide bonds. The molecule has 2 unspecified atom stereocenters. The second-order valence-corrected chi connectivity index (χ2v) is 6.86. The Hall–Kier alpha value is -0.910. The minimum Gasteiger partial charge on any atom is -0.485 e. The standard InChI is InChI=1S/C16H14Br2FNO/c1-20-14-8-16(11-6-9(17)2-4-13(11)19)21-15-5-3-10(18)7-12(14)15/h2-7,14,16,20H,8H2,1H3. The van der Waals surface area contributed by atoms with Gasteiger partial charge in [-0.25, -0.2) is 4.39 Å². The maximum atomic E-state index is 14.1. The summed E-state index contributed by atoms with van der Waals surface area (Å²) in [6.45, 7) is 0. The van der Waals surface area contributed by atoms with E-state index in [0.717, 1.165) is 20.3 Å². The molecule has 1 N–H and O–H groups in total. The highest BCUT2D eigenvalue weighted by Crippen LogP contribution is 2.42. The highest BCUT2D eigenvalue weighted by Gasteiger charge is 2.30. The van der Waals surface area contributed by atoms with E-state index < -0.39 is 0 Å². The lowest BCUT2D eigenvalue weighted by atomic mass is 9.93. The number of hydrogen-bond donors (Lipinski definition) is 1. The molecule has 2 atom stereocenters. The number of halogens is 3. The summed E-state index contributed by atoms with van der Waals surface area (Å²) >= 11 is 6.87. The first-order valence-corrected chi connectivity index (χ1v) is 8.25. The van der Waals surface area contributed by atoms with Crippen LogP contribution in [0.1, 0.15) is 29.7 Å². The van der Waals surface area contributed by atoms with Crippen molar-refractivity contribution in [1.29, 1.82) is 0 Å². The van der Waals surface area contributed by atoms with E-state index in [0.29, 0.717) is 12.0 Å². The number of hydrogen-bond acceptors (Lipinski definition) is 2. The molecule has 0 aliphatic carbocycles. The Labute approximate surface area is 140 Å². The van der Waals surface area contributed by atoms with Crippen LogP contribution in [0.3, 0.4) is 0 Å². The zero-order valence-corrected chi connectivity index (χ0v) is 14.5. The molecule has 0 saturated heterocycles. The van der Waals surface area contributed by atoms with Crippen molar-refractivity contribution in [2.24, 2.45) is 0 Å². The summed E-state index contributed by atoms with van der Waals surface area (Å²) < 4.78 is 22.0. The lowest BCUT2D eigenvalue weighted by Gasteiger charge is -2.32. The lowest BCUT2D eigenvalue weighted by molar-refractivity contribution is 0.150. The Morgan fingerprint density at radius 2 is 1.76 bits per heavy atom. The van der Waals surface area contributed by atoms with Gasteiger partial charge in [-0.3, -0.25) is 0 Å². The van der Waals surface area contributed by atoms with Crippen LogP contribution in [-0.4, -0.2) is 7.05 Å². The Bertz CT molecular complexity index is 677. The van der Waals surface area contributed by atoms with Crippen LogP contribution >= 0.6 is 31.9 Å². The van der Waals surface area contributed by atoms with Gasteiger partial charge in [0.2, 0.25) is 0 Å². The molecule has 2 aromatic rings. The molecule has 0 saturated carbocycles. The quantitative estimate of drug-likeness (QED) is 0.734. The number of nitrogens with one attached hydrogen (secondary N) is 1. The molecule has 2 aromatic carbocycles. The SMILES string of the molecule is CNC1CC(c2cc(Br)ccc2F)Oc2ccc(Br)cc21. The third kappa shape index (κ3) is 3.00. The first-order chi connectivity index (χ1) is 10.1. The Morgan fingerprint density at radius 3 is 2.48 bits per heavy atom. The molecular formula is C16H14Br2FNO. The van der Waals surface area contributed by atoms with Gasteiger partial charge in [0.05, 0.1) is 0 Å². The van der Waals surface area contributed by atoms with Crippen LogP contribution in [0.25, 0.3) is 0 Å². The van der Waals surface area contributed by atoms with Gasteiger partial charge in [-0.1, -0.05) is 31.9 Å². The average molecular weight is 415 g/mol. The number of benzene rings is 2. The third-order valence-corrected chi connectivity index (χ3v) is 4.71. The van der Waals surface area contributed by atoms with Crippen molar-refractivity contribution >= 4 is 31.9 Å². The molecule has 1 heterocycles. The fraction of sp³-hybridized carbons (Fsp3) is 0.250. The summed E-state index contributed by atoms with van der Waals surface area (Å²) in [5.41, 5.74) is 1.68. The second-order valence-electron chi connectivity index (χ2n) is 5.03. The van der Waals surface area contributed by atoms with E-state index in [4.69, 9.17) is 4.74 Å². The highest BCUT2D eigenvalue weighted by molar-refractivity contribution is 9.10. The largest absolute Gasteiger partial charge is 0.485 e. The molecule has 1 aliphatic heterocycles. The lowest BCUT2D eigenvalue weighted by Crippen LogP contribution is -2.27. The van der Waals surface area contributed by atoms with Crippen molar-refractivity contribution in [2.75, 3.05) is 7.05 Å². The van der Waals surface area contributed by atoms with Crippen LogP contribution in [0, 0.1) is 5.82 Å². The summed E-state index contributed by atoms with van der Waals surface area (Å²) in [6, 6.07) is 11.0. The second kappa shape index (κ2) is 6.07. The Morgan fingerprint density at radius 1 is 1.10 bits per heavy atom.